The van der Waals surface area contributed by atoms with Crippen molar-refractivity contribution in [2.75, 3.05) is 25.1 Å². The highest BCUT2D eigenvalue weighted by atomic mass is 16.5. The Morgan fingerprint density at radius 3 is 2.35 bits per heavy atom. The Balaban J connectivity index is 2.85. The molecule has 0 aliphatic rings. The van der Waals surface area contributed by atoms with E-state index in [1.165, 1.54) is 16.7 Å². The van der Waals surface area contributed by atoms with Crippen LogP contribution in [0, 0.1) is 20.8 Å². The Hall–Kier alpha value is -1.51. The van der Waals surface area contributed by atoms with Crippen LogP contribution in [0.5, 0.6) is 0 Å². The SMILES string of the molecule is CCOC(=O)CN(C)c1cc(C)c(C)cc1C. The van der Waals surface area contributed by atoms with Crippen LogP contribution in [0.15, 0.2) is 12.1 Å². The largest absolute Gasteiger partial charge is 0.465 e. The molecule has 0 spiro atoms. The van der Waals surface area contributed by atoms with Gasteiger partial charge < -0.3 is 9.64 Å². The van der Waals surface area contributed by atoms with Crippen molar-refractivity contribution >= 4 is 11.7 Å². The van der Waals surface area contributed by atoms with E-state index in [0.717, 1.165) is 5.69 Å². The molecule has 0 heterocycles. The number of hydrogen-bond donors (Lipinski definition) is 0. The highest BCUT2D eigenvalue weighted by Crippen LogP contribution is 2.22. The van der Waals surface area contributed by atoms with Gasteiger partial charge in [-0.2, -0.15) is 0 Å². The molecule has 0 saturated carbocycles. The third kappa shape index (κ3) is 3.48. The minimum Gasteiger partial charge on any atom is -0.465 e. The van der Waals surface area contributed by atoms with Crippen LogP contribution in [0.1, 0.15) is 23.6 Å². The first-order chi connectivity index (χ1) is 7.95. The van der Waals surface area contributed by atoms with Crippen molar-refractivity contribution in [1.82, 2.24) is 0 Å². The van der Waals surface area contributed by atoms with E-state index in [4.69, 9.17) is 4.74 Å². The van der Waals surface area contributed by atoms with Gasteiger partial charge in [0.1, 0.15) is 6.54 Å². The smallest absolute Gasteiger partial charge is 0.325 e. The Bertz CT molecular complexity index is 413. The summed E-state index contributed by atoms with van der Waals surface area (Å²) >= 11 is 0. The molecule has 94 valence electrons. The number of likely N-dealkylation sites (N-methyl/N-ethyl adjacent to an activating group) is 1. The van der Waals surface area contributed by atoms with Gasteiger partial charge in [0.2, 0.25) is 0 Å². The Morgan fingerprint density at radius 1 is 1.18 bits per heavy atom. The molecule has 0 unspecified atom stereocenters. The molecular weight excluding hydrogens is 214 g/mol. The number of rotatable bonds is 4. The lowest BCUT2D eigenvalue weighted by Crippen LogP contribution is -2.27. The van der Waals surface area contributed by atoms with E-state index in [0.29, 0.717) is 6.61 Å². The highest BCUT2D eigenvalue weighted by Gasteiger charge is 2.11. The lowest BCUT2D eigenvalue weighted by Gasteiger charge is -2.21. The van der Waals surface area contributed by atoms with Gasteiger partial charge in [-0.3, -0.25) is 4.79 Å². The zero-order chi connectivity index (χ0) is 13.0. The van der Waals surface area contributed by atoms with Gasteiger partial charge >= 0.3 is 5.97 Å². The van der Waals surface area contributed by atoms with E-state index in [-0.39, 0.29) is 12.5 Å². The molecule has 0 aliphatic carbocycles. The maximum absolute atomic E-state index is 11.4. The number of nitrogens with zero attached hydrogens (tertiary/aromatic N) is 1. The van der Waals surface area contributed by atoms with E-state index in [1.807, 2.05) is 18.9 Å². The van der Waals surface area contributed by atoms with Gasteiger partial charge in [0.15, 0.2) is 0 Å². The van der Waals surface area contributed by atoms with Gasteiger partial charge in [0.05, 0.1) is 6.61 Å². The van der Waals surface area contributed by atoms with Crippen molar-refractivity contribution in [2.24, 2.45) is 0 Å². The maximum atomic E-state index is 11.4. The minimum absolute atomic E-state index is 0.187. The number of ether oxygens (including phenoxy) is 1. The molecule has 0 saturated heterocycles. The lowest BCUT2D eigenvalue weighted by atomic mass is 10.0. The van der Waals surface area contributed by atoms with Crippen LogP contribution in [0.2, 0.25) is 0 Å². The van der Waals surface area contributed by atoms with Gasteiger partial charge in [-0.15, -0.1) is 0 Å². The summed E-state index contributed by atoms with van der Waals surface area (Å²) in [4.78, 5) is 13.4. The van der Waals surface area contributed by atoms with Crippen LogP contribution in [0.3, 0.4) is 0 Å². The molecule has 3 nitrogen and oxygen atoms in total. The number of anilines is 1. The predicted molar refractivity (Wildman–Crippen MR) is 70.6 cm³/mol. The predicted octanol–water partition coefficient (Wildman–Crippen LogP) is 2.61. The van der Waals surface area contributed by atoms with Crippen molar-refractivity contribution in [2.45, 2.75) is 27.7 Å². The average Bonchev–Trinajstić information content (AvgIpc) is 2.23. The van der Waals surface area contributed by atoms with E-state index < -0.39 is 0 Å². The van der Waals surface area contributed by atoms with Crippen LogP contribution in [0.25, 0.3) is 0 Å². The van der Waals surface area contributed by atoms with Gasteiger partial charge in [-0.05, 0) is 50.5 Å². The summed E-state index contributed by atoms with van der Waals surface area (Å²) in [6.45, 7) is 8.77. The van der Waals surface area contributed by atoms with Crippen LogP contribution in [-0.2, 0) is 9.53 Å². The fourth-order valence-corrected chi connectivity index (χ4v) is 1.84. The number of carbonyl (C=O) groups is 1. The zero-order valence-electron chi connectivity index (χ0n) is 11.3. The summed E-state index contributed by atoms with van der Waals surface area (Å²) < 4.78 is 4.95. The summed E-state index contributed by atoms with van der Waals surface area (Å²) in [5, 5.41) is 0. The van der Waals surface area contributed by atoms with Gasteiger partial charge in [-0.1, -0.05) is 6.07 Å². The monoisotopic (exact) mass is 235 g/mol. The number of carbonyl (C=O) groups excluding carboxylic acids is 1. The normalized spacial score (nSPS) is 10.2. The molecule has 0 fully saturated rings. The van der Waals surface area contributed by atoms with Crippen LogP contribution < -0.4 is 4.90 Å². The molecule has 1 aromatic rings. The van der Waals surface area contributed by atoms with Crippen molar-refractivity contribution in [3.8, 4) is 0 Å². The van der Waals surface area contributed by atoms with Crippen LogP contribution >= 0.6 is 0 Å². The van der Waals surface area contributed by atoms with Crippen LogP contribution in [-0.4, -0.2) is 26.2 Å². The quantitative estimate of drug-likeness (QED) is 0.751. The highest BCUT2D eigenvalue weighted by molar-refractivity contribution is 5.76. The molecule has 0 radical (unpaired) electrons. The summed E-state index contributed by atoms with van der Waals surface area (Å²) in [6.07, 6.45) is 0. The summed E-state index contributed by atoms with van der Waals surface area (Å²) in [5.41, 5.74) is 4.78. The molecule has 0 aliphatic heterocycles. The molecule has 0 aromatic heterocycles. The number of benzene rings is 1. The third-order valence-corrected chi connectivity index (χ3v) is 2.90. The topological polar surface area (TPSA) is 29.5 Å². The third-order valence-electron chi connectivity index (χ3n) is 2.90. The second-order valence-corrected chi connectivity index (χ2v) is 4.38. The number of hydrogen-bond acceptors (Lipinski definition) is 3. The first-order valence-electron chi connectivity index (χ1n) is 5.90. The second kappa shape index (κ2) is 5.71. The van der Waals surface area contributed by atoms with E-state index in [9.17, 15) is 4.79 Å². The molecule has 0 N–H and O–H groups in total. The zero-order valence-corrected chi connectivity index (χ0v) is 11.3. The average molecular weight is 235 g/mol. The maximum Gasteiger partial charge on any atom is 0.325 e. The van der Waals surface area contributed by atoms with E-state index in [2.05, 4.69) is 32.9 Å². The Labute approximate surface area is 103 Å². The fourth-order valence-electron chi connectivity index (χ4n) is 1.84. The minimum atomic E-state index is -0.187. The van der Waals surface area contributed by atoms with E-state index >= 15 is 0 Å². The van der Waals surface area contributed by atoms with E-state index in [1.54, 1.807) is 0 Å². The Morgan fingerprint density at radius 2 is 1.76 bits per heavy atom. The standard InChI is InChI=1S/C14H21NO2/c1-6-17-14(16)9-15(5)13-8-11(3)10(2)7-12(13)4/h7-8H,6,9H2,1-5H3. The molecule has 0 atom stereocenters. The molecule has 1 aromatic carbocycles. The number of aryl methyl sites for hydroxylation is 3. The van der Waals surface area contributed by atoms with Crippen molar-refractivity contribution in [3.05, 3.63) is 28.8 Å². The molecule has 17 heavy (non-hydrogen) atoms. The number of esters is 1. The first kappa shape index (κ1) is 13.6. The molecule has 0 bridgehead atoms. The van der Waals surface area contributed by atoms with Crippen molar-refractivity contribution in [1.29, 1.82) is 0 Å². The molecular formula is C14H21NO2. The molecule has 0 amide bonds. The summed E-state index contributed by atoms with van der Waals surface area (Å²) in [6, 6.07) is 4.26. The lowest BCUT2D eigenvalue weighted by molar-refractivity contribution is -0.141. The van der Waals surface area contributed by atoms with Gasteiger partial charge in [0.25, 0.3) is 0 Å². The second-order valence-electron chi connectivity index (χ2n) is 4.38. The molecule has 1 rings (SSSR count). The summed E-state index contributed by atoms with van der Waals surface area (Å²) in [7, 11) is 1.91. The van der Waals surface area contributed by atoms with Crippen LogP contribution in [0.4, 0.5) is 5.69 Å². The van der Waals surface area contributed by atoms with Gasteiger partial charge in [0, 0.05) is 12.7 Å². The molecule has 3 heteroatoms. The van der Waals surface area contributed by atoms with Crippen molar-refractivity contribution < 1.29 is 9.53 Å². The Kier molecular flexibility index (Phi) is 4.55. The first-order valence-corrected chi connectivity index (χ1v) is 5.90. The van der Waals surface area contributed by atoms with Crippen molar-refractivity contribution in [3.63, 3.8) is 0 Å². The van der Waals surface area contributed by atoms with Gasteiger partial charge in [-0.25, -0.2) is 0 Å². The summed E-state index contributed by atoms with van der Waals surface area (Å²) in [5.74, 6) is -0.187. The fraction of sp³-hybridized carbons (Fsp3) is 0.500.